The lowest BCUT2D eigenvalue weighted by Gasteiger charge is -2.20. The van der Waals surface area contributed by atoms with Crippen LogP contribution < -0.4 is 11.1 Å². The Morgan fingerprint density at radius 1 is 1.30 bits per heavy atom. The molecule has 6 heteroatoms. The lowest BCUT2D eigenvalue weighted by Crippen LogP contribution is -2.41. The molecular weight excluding hydrogens is 299 g/mol. The number of hydrogen-bond donors (Lipinski definition) is 2. The second-order valence-corrected chi connectivity index (χ2v) is 6.50. The molecule has 0 fully saturated rings. The quantitative estimate of drug-likeness (QED) is 0.894. The molecule has 1 aromatic rings. The molecule has 0 aliphatic heterocycles. The van der Waals surface area contributed by atoms with Crippen molar-refractivity contribution in [3.63, 3.8) is 0 Å². The van der Waals surface area contributed by atoms with E-state index in [4.69, 9.17) is 33.7 Å². The van der Waals surface area contributed by atoms with Crippen LogP contribution in [0.4, 0.5) is 4.79 Å². The van der Waals surface area contributed by atoms with Gasteiger partial charge >= 0.3 is 6.09 Å². The fourth-order valence-corrected chi connectivity index (χ4v) is 2.20. The number of benzene rings is 1. The molecule has 1 atom stereocenters. The fraction of sp³-hybridized carbons (Fsp3) is 0.500. The van der Waals surface area contributed by atoms with Crippen LogP contribution in [0.2, 0.25) is 10.0 Å². The summed E-state index contributed by atoms with van der Waals surface area (Å²) in [6.07, 6.45) is 0.0906. The molecule has 1 aromatic carbocycles. The summed E-state index contributed by atoms with van der Waals surface area (Å²) in [6.45, 7) is 5.74. The summed E-state index contributed by atoms with van der Waals surface area (Å²) in [6, 6.07) is 5.04. The third-order valence-corrected chi connectivity index (χ3v) is 2.76. The van der Waals surface area contributed by atoms with Gasteiger partial charge in [0.1, 0.15) is 5.60 Å². The van der Waals surface area contributed by atoms with Crippen LogP contribution in [0.3, 0.4) is 0 Å². The number of alkyl carbamates (subject to hydrolysis) is 1. The predicted molar refractivity (Wildman–Crippen MR) is 82.4 cm³/mol. The third kappa shape index (κ3) is 6.98. The van der Waals surface area contributed by atoms with Crippen molar-refractivity contribution in [2.45, 2.75) is 38.8 Å². The zero-order chi connectivity index (χ0) is 15.3. The van der Waals surface area contributed by atoms with Crippen LogP contribution in [0.1, 0.15) is 26.3 Å². The van der Waals surface area contributed by atoms with Crippen LogP contribution in [0.15, 0.2) is 18.2 Å². The van der Waals surface area contributed by atoms with Crippen molar-refractivity contribution in [3.05, 3.63) is 33.8 Å². The number of nitrogens with two attached hydrogens (primary N) is 1. The zero-order valence-corrected chi connectivity index (χ0v) is 13.4. The Hall–Kier alpha value is -0.970. The molecule has 0 aromatic heterocycles. The molecule has 4 nitrogen and oxygen atoms in total. The van der Waals surface area contributed by atoms with Gasteiger partial charge in [0.25, 0.3) is 0 Å². The average Bonchev–Trinajstić information content (AvgIpc) is 2.22. The van der Waals surface area contributed by atoms with Crippen molar-refractivity contribution in [1.29, 1.82) is 0 Å². The lowest BCUT2D eigenvalue weighted by molar-refractivity contribution is 0.0524. The van der Waals surface area contributed by atoms with Gasteiger partial charge in [-0.1, -0.05) is 23.2 Å². The van der Waals surface area contributed by atoms with Crippen LogP contribution >= 0.6 is 23.2 Å². The molecule has 0 aliphatic rings. The van der Waals surface area contributed by atoms with Gasteiger partial charge in [0.05, 0.1) is 0 Å². The normalized spacial score (nSPS) is 12.9. The van der Waals surface area contributed by atoms with Crippen molar-refractivity contribution < 1.29 is 9.53 Å². The summed E-state index contributed by atoms with van der Waals surface area (Å²) in [5.74, 6) is 0. The number of amides is 1. The molecule has 0 spiro atoms. The van der Waals surface area contributed by atoms with Gasteiger partial charge in [-0.15, -0.1) is 0 Å². The molecule has 1 unspecified atom stereocenters. The molecule has 112 valence electrons. The van der Waals surface area contributed by atoms with E-state index in [0.29, 0.717) is 23.0 Å². The number of halogens is 2. The first-order valence-electron chi connectivity index (χ1n) is 6.33. The van der Waals surface area contributed by atoms with Gasteiger partial charge in [0.2, 0.25) is 0 Å². The Morgan fingerprint density at radius 2 is 1.85 bits per heavy atom. The number of rotatable bonds is 4. The molecule has 0 aliphatic carbocycles. The topological polar surface area (TPSA) is 64.3 Å². The van der Waals surface area contributed by atoms with Crippen molar-refractivity contribution in [2.24, 2.45) is 5.73 Å². The number of carbonyl (C=O) groups is 1. The highest BCUT2D eigenvalue weighted by atomic mass is 35.5. The van der Waals surface area contributed by atoms with Crippen LogP contribution in [0.5, 0.6) is 0 Å². The first-order valence-corrected chi connectivity index (χ1v) is 7.09. The maximum Gasteiger partial charge on any atom is 0.407 e. The van der Waals surface area contributed by atoms with Gasteiger partial charge in [0.15, 0.2) is 0 Å². The van der Waals surface area contributed by atoms with Crippen molar-refractivity contribution in [2.75, 3.05) is 6.54 Å². The van der Waals surface area contributed by atoms with E-state index in [-0.39, 0.29) is 6.04 Å². The van der Waals surface area contributed by atoms with Crippen molar-refractivity contribution in [1.82, 2.24) is 5.32 Å². The largest absolute Gasteiger partial charge is 0.444 e. The minimum absolute atomic E-state index is 0.239. The predicted octanol–water partition coefficient (Wildman–Crippen LogP) is 3.39. The molecule has 3 N–H and O–H groups in total. The molecular formula is C14H20Cl2N2O2. The molecule has 1 amide bonds. The average molecular weight is 319 g/mol. The Balaban J connectivity index is 2.44. The van der Waals surface area contributed by atoms with Crippen molar-refractivity contribution in [3.8, 4) is 0 Å². The van der Waals surface area contributed by atoms with Crippen LogP contribution in [-0.2, 0) is 11.2 Å². The molecule has 20 heavy (non-hydrogen) atoms. The van der Waals surface area contributed by atoms with E-state index in [1.165, 1.54) is 0 Å². The van der Waals surface area contributed by atoms with Crippen LogP contribution in [-0.4, -0.2) is 24.3 Å². The summed E-state index contributed by atoms with van der Waals surface area (Å²) in [5, 5.41) is 3.77. The van der Waals surface area contributed by atoms with Gasteiger partial charge in [-0.25, -0.2) is 4.79 Å². The van der Waals surface area contributed by atoms with Crippen LogP contribution in [0, 0.1) is 0 Å². The smallest absolute Gasteiger partial charge is 0.407 e. The SMILES string of the molecule is CC(C)(C)OC(=O)NCC(N)Cc1cc(Cl)cc(Cl)c1. The standard InChI is InChI=1S/C14H20Cl2N2O2/c1-14(2,3)20-13(19)18-8-12(17)6-9-4-10(15)7-11(16)5-9/h4-5,7,12H,6,8,17H2,1-3H3,(H,18,19). The maximum atomic E-state index is 11.5. The molecule has 0 bridgehead atoms. The zero-order valence-electron chi connectivity index (χ0n) is 11.9. The van der Waals surface area contributed by atoms with Gasteiger partial charge in [-0.2, -0.15) is 0 Å². The third-order valence-electron chi connectivity index (χ3n) is 2.33. The van der Waals surface area contributed by atoms with E-state index in [9.17, 15) is 4.79 Å². The summed E-state index contributed by atoms with van der Waals surface area (Å²) in [7, 11) is 0. The Morgan fingerprint density at radius 3 is 2.35 bits per heavy atom. The monoisotopic (exact) mass is 318 g/mol. The first kappa shape index (κ1) is 17.1. The van der Waals surface area contributed by atoms with Gasteiger partial charge in [-0.3, -0.25) is 0 Å². The fourth-order valence-electron chi connectivity index (χ4n) is 1.63. The minimum Gasteiger partial charge on any atom is -0.444 e. The van der Waals surface area contributed by atoms with Gasteiger partial charge < -0.3 is 15.8 Å². The Bertz CT molecular complexity index is 452. The van der Waals surface area contributed by atoms with E-state index in [1.54, 1.807) is 39.0 Å². The highest BCUT2D eigenvalue weighted by Crippen LogP contribution is 2.19. The lowest BCUT2D eigenvalue weighted by atomic mass is 10.1. The highest BCUT2D eigenvalue weighted by molar-refractivity contribution is 6.34. The minimum atomic E-state index is -0.519. The first-order chi connectivity index (χ1) is 9.15. The second kappa shape index (κ2) is 7.16. The number of hydrogen-bond acceptors (Lipinski definition) is 3. The molecule has 0 radical (unpaired) electrons. The summed E-state index contributed by atoms with van der Waals surface area (Å²) < 4.78 is 5.13. The van der Waals surface area contributed by atoms with E-state index in [1.807, 2.05) is 0 Å². The van der Waals surface area contributed by atoms with Crippen molar-refractivity contribution >= 4 is 29.3 Å². The van der Waals surface area contributed by atoms with Crippen LogP contribution in [0.25, 0.3) is 0 Å². The summed E-state index contributed by atoms with van der Waals surface area (Å²) >= 11 is 11.8. The maximum absolute atomic E-state index is 11.5. The summed E-state index contributed by atoms with van der Waals surface area (Å²) in [5.41, 5.74) is 6.37. The highest BCUT2D eigenvalue weighted by Gasteiger charge is 2.16. The molecule has 0 saturated heterocycles. The van der Waals surface area contributed by atoms with Gasteiger partial charge in [0, 0.05) is 22.6 Å². The van der Waals surface area contributed by atoms with E-state index in [0.717, 1.165) is 5.56 Å². The Kier molecular flexibility index (Phi) is 6.11. The van der Waals surface area contributed by atoms with E-state index >= 15 is 0 Å². The van der Waals surface area contributed by atoms with E-state index in [2.05, 4.69) is 5.32 Å². The summed E-state index contributed by atoms with van der Waals surface area (Å²) in [4.78, 5) is 11.5. The number of nitrogens with one attached hydrogen (secondary N) is 1. The molecule has 0 saturated carbocycles. The van der Waals surface area contributed by atoms with Gasteiger partial charge in [-0.05, 0) is 51.0 Å². The number of carbonyl (C=O) groups excluding carboxylic acids is 1. The Labute approximate surface area is 129 Å². The molecule has 1 rings (SSSR count). The van der Waals surface area contributed by atoms with E-state index < -0.39 is 11.7 Å². The second-order valence-electron chi connectivity index (χ2n) is 5.62. The molecule has 0 heterocycles. The number of ether oxygens (including phenoxy) is 1.